The lowest BCUT2D eigenvalue weighted by atomic mass is 9.72. The molecule has 1 aliphatic carbocycles. The van der Waals surface area contributed by atoms with Gasteiger partial charge in [-0.05, 0) is 23.8 Å². The molecule has 3 aromatic rings. The fourth-order valence-electron chi connectivity index (χ4n) is 3.36. The van der Waals surface area contributed by atoms with Crippen molar-refractivity contribution >= 4 is 16.7 Å². The highest BCUT2D eigenvalue weighted by Crippen LogP contribution is 2.43. The van der Waals surface area contributed by atoms with Crippen LogP contribution < -0.4 is 0 Å². The van der Waals surface area contributed by atoms with Crippen molar-refractivity contribution in [1.29, 1.82) is 5.26 Å². The number of benzene rings is 1. The van der Waals surface area contributed by atoms with Crippen LogP contribution >= 0.6 is 0 Å². The zero-order valence-electron chi connectivity index (χ0n) is 12.3. The lowest BCUT2D eigenvalue weighted by Crippen LogP contribution is -2.30. The van der Waals surface area contributed by atoms with Crippen molar-refractivity contribution in [3.63, 3.8) is 0 Å². The van der Waals surface area contributed by atoms with Gasteiger partial charge in [-0.25, -0.2) is 0 Å². The molecule has 4 rings (SSSR count). The van der Waals surface area contributed by atoms with Crippen LogP contribution in [-0.2, 0) is 5.41 Å². The summed E-state index contributed by atoms with van der Waals surface area (Å²) in [7, 11) is 0. The van der Waals surface area contributed by atoms with E-state index in [0.29, 0.717) is 16.7 Å². The van der Waals surface area contributed by atoms with E-state index in [9.17, 15) is 4.79 Å². The van der Waals surface area contributed by atoms with Crippen molar-refractivity contribution in [2.24, 2.45) is 0 Å². The number of rotatable bonds is 0. The molecule has 4 nitrogen and oxygen atoms in total. The van der Waals surface area contributed by atoms with Gasteiger partial charge in [0, 0.05) is 40.0 Å². The monoisotopic (exact) mass is 287 g/mol. The van der Waals surface area contributed by atoms with Crippen LogP contribution in [0.1, 0.15) is 46.6 Å². The number of H-pyrrole nitrogens is 1. The molecular formula is C18H13N3O. The molecule has 106 valence electrons. The van der Waals surface area contributed by atoms with E-state index >= 15 is 0 Å². The Morgan fingerprint density at radius 3 is 2.86 bits per heavy atom. The first-order valence-corrected chi connectivity index (χ1v) is 7.09. The van der Waals surface area contributed by atoms with Gasteiger partial charge in [-0.1, -0.05) is 19.9 Å². The normalized spacial score (nSPS) is 15.2. The Labute approximate surface area is 127 Å². The smallest absolute Gasteiger partial charge is 0.197 e. The second kappa shape index (κ2) is 4.05. The van der Waals surface area contributed by atoms with Gasteiger partial charge in [-0.2, -0.15) is 5.26 Å². The Balaban J connectivity index is 2.11. The van der Waals surface area contributed by atoms with Crippen LogP contribution in [0.3, 0.4) is 0 Å². The molecule has 1 N–H and O–H groups in total. The molecular weight excluding hydrogens is 274 g/mol. The van der Waals surface area contributed by atoms with E-state index in [4.69, 9.17) is 5.26 Å². The number of aromatic amines is 1. The zero-order valence-corrected chi connectivity index (χ0v) is 12.3. The summed E-state index contributed by atoms with van der Waals surface area (Å²) < 4.78 is 0. The van der Waals surface area contributed by atoms with E-state index in [-0.39, 0.29) is 11.2 Å². The Morgan fingerprint density at radius 1 is 1.27 bits per heavy atom. The van der Waals surface area contributed by atoms with Gasteiger partial charge < -0.3 is 4.98 Å². The average Bonchev–Trinajstić information content (AvgIpc) is 2.92. The predicted molar refractivity (Wildman–Crippen MR) is 82.8 cm³/mol. The maximum absolute atomic E-state index is 12.9. The number of hydrogen-bond acceptors (Lipinski definition) is 3. The summed E-state index contributed by atoms with van der Waals surface area (Å²) in [4.78, 5) is 20.4. The van der Waals surface area contributed by atoms with Crippen LogP contribution in [0.4, 0.5) is 0 Å². The van der Waals surface area contributed by atoms with E-state index in [1.165, 1.54) is 0 Å². The Kier molecular flexibility index (Phi) is 2.35. The fourth-order valence-corrected chi connectivity index (χ4v) is 3.36. The molecule has 0 radical (unpaired) electrons. The van der Waals surface area contributed by atoms with Crippen LogP contribution in [0.5, 0.6) is 0 Å². The molecule has 0 saturated carbocycles. The number of fused-ring (bicyclic) bond motifs is 4. The lowest BCUT2D eigenvalue weighted by molar-refractivity contribution is 0.103. The third kappa shape index (κ3) is 1.45. The third-order valence-corrected chi connectivity index (χ3v) is 4.52. The first kappa shape index (κ1) is 12.8. The van der Waals surface area contributed by atoms with Crippen LogP contribution in [0.25, 0.3) is 10.9 Å². The minimum atomic E-state index is -0.312. The number of nitrogens with one attached hydrogen (secondary N) is 1. The summed E-state index contributed by atoms with van der Waals surface area (Å²) in [5.74, 6) is -0.00613. The fraction of sp³-hybridized carbons (Fsp3) is 0.167. The van der Waals surface area contributed by atoms with Gasteiger partial charge in [0.2, 0.25) is 0 Å². The number of pyridine rings is 1. The highest BCUT2D eigenvalue weighted by molar-refractivity contribution is 6.19. The van der Waals surface area contributed by atoms with Crippen LogP contribution in [0, 0.1) is 11.3 Å². The van der Waals surface area contributed by atoms with Crippen LogP contribution in [0.15, 0.2) is 36.7 Å². The maximum Gasteiger partial charge on any atom is 0.197 e. The molecule has 0 unspecified atom stereocenters. The van der Waals surface area contributed by atoms with Crippen molar-refractivity contribution in [1.82, 2.24) is 9.97 Å². The van der Waals surface area contributed by atoms with Gasteiger partial charge in [-0.15, -0.1) is 0 Å². The lowest BCUT2D eigenvalue weighted by Gasteiger charge is -2.31. The number of nitrogens with zero attached hydrogens (tertiary/aromatic N) is 2. The van der Waals surface area contributed by atoms with Crippen molar-refractivity contribution in [3.8, 4) is 6.07 Å². The minimum absolute atomic E-state index is 0.00613. The predicted octanol–water partition coefficient (Wildman–Crippen LogP) is 3.30. The van der Waals surface area contributed by atoms with E-state index in [1.807, 2.05) is 12.1 Å². The molecule has 0 amide bonds. The number of carbonyl (C=O) groups excluding carboxylic acids is 1. The largest absolute Gasteiger partial charge is 0.357 e. The van der Waals surface area contributed by atoms with Gasteiger partial charge in [-0.3, -0.25) is 9.78 Å². The van der Waals surface area contributed by atoms with Crippen molar-refractivity contribution in [2.75, 3.05) is 0 Å². The standard InChI is InChI=1S/C18H13N3O/c1-18(2)13-5-6-20-9-12(13)16(22)15-11-4-3-10(8-19)7-14(11)21-17(15)18/h3-7,9,21H,1-2H3. The van der Waals surface area contributed by atoms with E-state index in [2.05, 4.69) is 29.9 Å². The Morgan fingerprint density at radius 2 is 2.09 bits per heavy atom. The SMILES string of the molecule is CC1(C)c2ccncc2C(=O)c2c1[nH]c1cc(C#N)ccc21. The topological polar surface area (TPSA) is 69.5 Å². The van der Waals surface area contributed by atoms with Crippen LogP contribution in [-0.4, -0.2) is 15.8 Å². The summed E-state index contributed by atoms with van der Waals surface area (Å²) in [5.41, 5.74) is 4.33. The maximum atomic E-state index is 12.9. The molecule has 22 heavy (non-hydrogen) atoms. The number of carbonyl (C=O) groups is 1. The molecule has 1 aromatic carbocycles. The molecule has 2 heterocycles. The number of hydrogen-bond donors (Lipinski definition) is 1. The Bertz CT molecular complexity index is 989. The highest BCUT2D eigenvalue weighted by Gasteiger charge is 2.39. The van der Waals surface area contributed by atoms with E-state index in [1.54, 1.807) is 24.5 Å². The minimum Gasteiger partial charge on any atom is -0.357 e. The van der Waals surface area contributed by atoms with Crippen LogP contribution in [0.2, 0.25) is 0 Å². The summed E-state index contributed by atoms with van der Waals surface area (Å²) in [6.07, 6.45) is 3.36. The van der Waals surface area contributed by atoms with E-state index < -0.39 is 0 Å². The van der Waals surface area contributed by atoms with Gasteiger partial charge in [0.25, 0.3) is 0 Å². The van der Waals surface area contributed by atoms with Crippen molar-refractivity contribution in [2.45, 2.75) is 19.3 Å². The molecule has 0 aliphatic heterocycles. The average molecular weight is 287 g/mol. The van der Waals surface area contributed by atoms with Crippen molar-refractivity contribution in [3.05, 3.63) is 64.6 Å². The summed E-state index contributed by atoms with van der Waals surface area (Å²) in [6, 6.07) is 9.42. The number of aromatic nitrogens is 2. The highest BCUT2D eigenvalue weighted by atomic mass is 16.1. The van der Waals surface area contributed by atoms with Gasteiger partial charge >= 0.3 is 0 Å². The van der Waals surface area contributed by atoms with Gasteiger partial charge in [0.1, 0.15) is 0 Å². The molecule has 0 bridgehead atoms. The molecule has 0 saturated heterocycles. The molecule has 1 aliphatic rings. The molecule has 4 heteroatoms. The number of ketones is 1. The molecule has 0 fully saturated rings. The van der Waals surface area contributed by atoms with Gasteiger partial charge in [0.05, 0.1) is 17.2 Å². The summed E-state index contributed by atoms with van der Waals surface area (Å²) in [6.45, 7) is 4.19. The zero-order chi connectivity index (χ0) is 15.5. The van der Waals surface area contributed by atoms with Gasteiger partial charge in [0.15, 0.2) is 5.78 Å². The van der Waals surface area contributed by atoms with E-state index in [0.717, 1.165) is 22.2 Å². The third-order valence-electron chi connectivity index (χ3n) is 4.52. The molecule has 0 spiro atoms. The summed E-state index contributed by atoms with van der Waals surface area (Å²) >= 11 is 0. The Hall–Kier alpha value is -2.93. The first-order chi connectivity index (χ1) is 10.5. The van der Waals surface area contributed by atoms with Crippen molar-refractivity contribution < 1.29 is 4.79 Å². The quantitative estimate of drug-likeness (QED) is 0.689. The second-order valence-electron chi connectivity index (χ2n) is 6.12. The molecule has 0 atom stereocenters. The summed E-state index contributed by atoms with van der Waals surface area (Å²) in [5, 5.41) is 9.92. The molecule has 2 aromatic heterocycles. The first-order valence-electron chi connectivity index (χ1n) is 7.09. The second-order valence-corrected chi connectivity index (χ2v) is 6.12. The number of nitriles is 1.